The number of non-ortho nitro benzene ring substituents is 1. The van der Waals surface area contributed by atoms with Crippen LogP contribution in [0.5, 0.6) is 0 Å². The molecular formula is C21H13FN2O5S. The Morgan fingerprint density at radius 2 is 1.73 bits per heavy atom. The van der Waals surface area contributed by atoms with Gasteiger partial charge in [0.1, 0.15) is 17.6 Å². The number of ketones is 1. The summed E-state index contributed by atoms with van der Waals surface area (Å²) in [6.07, 6.45) is 0. The van der Waals surface area contributed by atoms with Gasteiger partial charge in [0, 0.05) is 28.3 Å². The zero-order chi connectivity index (χ0) is 21.4. The second-order valence-corrected chi connectivity index (χ2v) is 7.44. The van der Waals surface area contributed by atoms with Gasteiger partial charge >= 0.3 is 0 Å². The number of carbonyl (C=O) groups excluding carboxylic acids is 2. The third-order valence-corrected chi connectivity index (χ3v) is 5.64. The van der Waals surface area contributed by atoms with Gasteiger partial charge in [-0.15, -0.1) is 11.3 Å². The van der Waals surface area contributed by atoms with E-state index < -0.39 is 34.2 Å². The van der Waals surface area contributed by atoms with Crippen molar-refractivity contribution >= 4 is 40.2 Å². The number of nitro benzene ring substituents is 1. The molecule has 0 radical (unpaired) electrons. The summed E-state index contributed by atoms with van der Waals surface area (Å²) in [5.74, 6) is -2.68. The predicted molar refractivity (Wildman–Crippen MR) is 109 cm³/mol. The van der Waals surface area contributed by atoms with Crippen molar-refractivity contribution in [2.45, 2.75) is 6.04 Å². The van der Waals surface area contributed by atoms with E-state index in [-0.39, 0.29) is 16.8 Å². The summed E-state index contributed by atoms with van der Waals surface area (Å²) >= 11 is 1.29. The topological polar surface area (TPSA) is 101 Å². The fraction of sp³-hybridized carbons (Fsp3) is 0.0476. The van der Waals surface area contributed by atoms with Crippen molar-refractivity contribution in [1.82, 2.24) is 0 Å². The summed E-state index contributed by atoms with van der Waals surface area (Å²) in [7, 11) is 0. The van der Waals surface area contributed by atoms with Crippen molar-refractivity contribution in [2.75, 3.05) is 4.90 Å². The van der Waals surface area contributed by atoms with Gasteiger partial charge in [-0.1, -0.05) is 6.07 Å². The van der Waals surface area contributed by atoms with Crippen molar-refractivity contribution in [2.24, 2.45) is 0 Å². The number of benzene rings is 2. The standard InChI is InChI=1S/C21H13FN2O5S/c22-13-5-9-14(10-6-13)23-18(16-2-1-11-30-16)17(20(26)21(23)27)19(25)12-3-7-15(8-4-12)24(28)29/h1-11,18,25H/b19-17-. The number of hydrogen-bond acceptors (Lipinski definition) is 6. The van der Waals surface area contributed by atoms with Gasteiger partial charge in [0.05, 0.1) is 10.5 Å². The molecule has 30 heavy (non-hydrogen) atoms. The highest BCUT2D eigenvalue weighted by molar-refractivity contribution is 7.10. The van der Waals surface area contributed by atoms with Gasteiger partial charge in [0.2, 0.25) is 0 Å². The smallest absolute Gasteiger partial charge is 0.300 e. The summed E-state index contributed by atoms with van der Waals surface area (Å²) in [6, 6.07) is 12.7. The maximum atomic E-state index is 13.4. The Bertz CT molecular complexity index is 1170. The minimum Gasteiger partial charge on any atom is -0.507 e. The Hall–Kier alpha value is -3.85. The molecule has 4 rings (SSSR count). The van der Waals surface area contributed by atoms with Gasteiger partial charge in [-0.25, -0.2) is 4.39 Å². The molecule has 1 amide bonds. The van der Waals surface area contributed by atoms with Crippen molar-refractivity contribution in [3.8, 4) is 0 Å². The van der Waals surface area contributed by atoms with Gasteiger partial charge in [0.15, 0.2) is 0 Å². The van der Waals surface area contributed by atoms with E-state index in [1.54, 1.807) is 17.5 Å². The molecule has 0 bridgehead atoms. The quantitative estimate of drug-likeness (QED) is 0.220. The first-order valence-electron chi connectivity index (χ1n) is 8.73. The van der Waals surface area contributed by atoms with Crippen molar-refractivity contribution < 1.29 is 24.0 Å². The number of carbonyl (C=O) groups is 2. The van der Waals surface area contributed by atoms with Crippen LogP contribution in [0.15, 0.2) is 71.6 Å². The first-order valence-corrected chi connectivity index (χ1v) is 9.61. The molecule has 1 unspecified atom stereocenters. The van der Waals surface area contributed by atoms with E-state index in [0.29, 0.717) is 10.6 Å². The van der Waals surface area contributed by atoms with Crippen LogP contribution in [-0.2, 0) is 9.59 Å². The van der Waals surface area contributed by atoms with E-state index in [1.807, 2.05) is 0 Å². The van der Waals surface area contributed by atoms with Gasteiger partial charge < -0.3 is 5.11 Å². The molecule has 0 spiro atoms. The average Bonchev–Trinajstić information content (AvgIpc) is 3.36. The molecule has 1 fully saturated rings. The second kappa shape index (κ2) is 7.53. The lowest BCUT2D eigenvalue weighted by Gasteiger charge is -2.24. The van der Waals surface area contributed by atoms with E-state index in [1.165, 1.54) is 64.8 Å². The van der Waals surface area contributed by atoms with E-state index >= 15 is 0 Å². The maximum Gasteiger partial charge on any atom is 0.300 e. The molecular weight excluding hydrogens is 411 g/mol. The largest absolute Gasteiger partial charge is 0.507 e. The summed E-state index contributed by atoms with van der Waals surface area (Å²) in [6.45, 7) is 0. The molecule has 2 heterocycles. The Morgan fingerprint density at radius 3 is 2.30 bits per heavy atom. The number of halogens is 1. The Labute approximate surface area is 173 Å². The Kier molecular flexibility index (Phi) is 4.88. The number of anilines is 1. The van der Waals surface area contributed by atoms with Crippen molar-refractivity contribution in [1.29, 1.82) is 0 Å². The lowest BCUT2D eigenvalue weighted by atomic mass is 9.99. The highest BCUT2D eigenvalue weighted by Crippen LogP contribution is 2.43. The number of Topliss-reactive ketones (excluding diaryl/α,β-unsaturated/α-hetero) is 1. The highest BCUT2D eigenvalue weighted by atomic mass is 32.1. The van der Waals surface area contributed by atoms with Crippen LogP contribution in [0.25, 0.3) is 5.76 Å². The van der Waals surface area contributed by atoms with E-state index in [0.717, 1.165) is 0 Å². The number of rotatable bonds is 4. The van der Waals surface area contributed by atoms with Crippen LogP contribution < -0.4 is 4.90 Å². The molecule has 150 valence electrons. The van der Waals surface area contributed by atoms with E-state index in [2.05, 4.69) is 0 Å². The average molecular weight is 424 g/mol. The fourth-order valence-corrected chi connectivity index (χ4v) is 4.14. The van der Waals surface area contributed by atoms with Crippen LogP contribution in [0, 0.1) is 15.9 Å². The number of nitro groups is 1. The van der Waals surface area contributed by atoms with Crippen LogP contribution in [0.2, 0.25) is 0 Å². The molecule has 1 aromatic heterocycles. The summed E-state index contributed by atoms with van der Waals surface area (Å²) in [5.41, 5.74) is 0.160. The zero-order valence-electron chi connectivity index (χ0n) is 15.2. The molecule has 1 aliphatic rings. The minimum atomic E-state index is -0.911. The van der Waals surface area contributed by atoms with Crippen LogP contribution in [0.1, 0.15) is 16.5 Å². The van der Waals surface area contributed by atoms with E-state index in [9.17, 15) is 29.2 Å². The molecule has 3 aromatic rings. The van der Waals surface area contributed by atoms with Crippen LogP contribution in [0.4, 0.5) is 15.8 Å². The van der Waals surface area contributed by atoms with Gasteiger partial charge in [0.25, 0.3) is 17.4 Å². The molecule has 1 aliphatic heterocycles. The number of thiophene rings is 1. The van der Waals surface area contributed by atoms with Crippen LogP contribution in [0.3, 0.4) is 0 Å². The number of hydrogen-bond donors (Lipinski definition) is 1. The predicted octanol–water partition coefficient (Wildman–Crippen LogP) is 4.42. The van der Waals surface area contributed by atoms with Crippen LogP contribution in [-0.4, -0.2) is 21.7 Å². The second-order valence-electron chi connectivity index (χ2n) is 6.46. The molecule has 0 saturated carbocycles. The van der Waals surface area contributed by atoms with Crippen molar-refractivity contribution in [3.05, 3.63) is 98.0 Å². The fourth-order valence-electron chi connectivity index (χ4n) is 3.31. The summed E-state index contributed by atoms with van der Waals surface area (Å²) in [5, 5.41) is 23.5. The normalized spacial score (nSPS) is 18.0. The Balaban J connectivity index is 1.88. The monoisotopic (exact) mass is 424 g/mol. The van der Waals surface area contributed by atoms with Crippen LogP contribution >= 0.6 is 11.3 Å². The molecule has 1 atom stereocenters. The highest BCUT2D eigenvalue weighted by Gasteiger charge is 2.47. The number of nitrogens with zero attached hydrogens (tertiary/aromatic N) is 2. The number of amides is 1. The molecule has 1 N–H and O–H groups in total. The van der Waals surface area contributed by atoms with Gasteiger partial charge in [-0.05, 0) is 47.8 Å². The van der Waals surface area contributed by atoms with Gasteiger partial charge in [-0.3, -0.25) is 24.6 Å². The van der Waals surface area contributed by atoms with Crippen molar-refractivity contribution in [3.63, 3.8) is 0 Å². The van der Waals surface area contributed by atoms with E-state index in [4.69, 9.17) is 0 Å². The minimum absolute atomic E-state index is 0.138. The molecule has 2 aromatic carbocycles. The van der Waals surface area contributed by atoms with Gasteiger partial charge in [-0.2, -0.15) is 0 Å². The zero-order valence-corrected chi connectivity index (χ0v) is 16.0. The SMILES string of the molecule is O=C1C(=O)N(c2ccc(F)cc2)C(c2cccs2)/C1=C(/O)c1ccc([N+](=O)[O-])cc1. The maximum absolute atomic E-state index is 13.4. The molecule has 1 saturated heterocycles. The third kappa shape index (κ3) is 3.25. The first kappa shape index (κ1) is 19.5. The third-order valence-electron chi connectivity index (χ3n) is 4.71. The Morgan fingerprint density at radius 1 is 1.07 bits per heavy atom. The first-order chi connectivity index (χ1) is 14.4. The number of aliphatic hydroxyl groups is 1. The lowest BCUT2D eigenvalue weighted by Crippen LogP contribution is -2.29. The number of aliphatic hydroxyl groups excluding tert-OH is 1. The molecule has 9 heteroatoms. The molecule has 7 nitrogen and oxygen atoms in total. The summed E-state index contributed by atoms with van der Waals surface area (Å²) < 4.78 is 13.4. The lowest BCUT2D eigenvalue weighted by molar-refractivity contribution is -0.384. The molecule has 0 aliphatic carbocycles. The summed E-state index contributed by atoms with van der Waals surface area (Å²) in [4.78, 5) is 37.8.